The van der Waals surface area contributed by atoms with Crippen LogP contribution in [0, 0.1) is 13.8 Å². The number of fused-ring (bicyclic) bond motifs is 1. The van der Waals surface area contributed by atoms with E-state index in [0.29, 0.717) is 10.6 Å². The van der Waals surface area contributed by atoms with Gasteiger partial charge < -0.3 is 4.98 Å². The van der Waals surface area contributed by atoms with Crippen LogP contribution >= 0.6 is 11.6 Å². The van der Waals surface area contributed by atoms with Gasteiger partial charge in [-0.1, -0.05) is 35.4 Å². The molecule has 3 rings (SSSR count). The highest BCUT2D eigenvalue weighted by atomic mass is 35.5. The van der Waals surface area contributed by atoms with Crippen molar-refractivity contribution in [2.45, 2.75) is 13.8 Å². The highest BCUT2D eigenvalue weighted by Gasteiger charge is 2.14. The SMILES string of the molecule is Cc1ccc(-c2[nH]c3ccc(Cl)cc3c2C=O)c(C)c1. The van der Waals surface area contributed by atoms with E-state index in [1.807, 2.05) is 24.3 Å². The summed E-state index contributed by atoms with van der Waals surface area (Å²) in [5.74, 6) is 0. The van der Waals surface area contributed by atoms with E-state index >= 15 is 0 Å². The number of hydrogen-bond acceptors (Lipinski definition) is 1. The number of carbonyl (C=O) groups is 1. The van der Waals surface area contributed by atoms with Crippen LogP contribution in [-0.4, -0.2) is 11.3 Å². The molecular formula is C17H14ClNO. The van der Waals surface area contributed by atoms with Crippen molar-refractivity contribution >= 4 is 28.8 Å². The Kier molecular flexibility index (Phi) is 3.11. The van der Waals surface area contributed by atoms with Crippen LogP contribution in [0.4, 0.5) is 0 Å². The zero-order chi connectivity index (χ0) is 14.3. The topological polar surface area (TPSA) is 32.9 Å². The van der Waals surface area contributed by atoms with Crippen molar-refractivity contribution in [2.75, 3.05) is 0 Å². The van der Waals surface area contributed by atoms with Gasteiger partial charge in [0.15, 0.2) is 6.29 Å². The summed E-state index contributed by atoms with van der Waals surface area (Å²) in [5, 5.41) is 1.49. The van der Waals surface area contributed by atoms with Gasteiger partial charge in [0.25, 0.3) is 0 Å². The molecule has 0 aliphatic rings. The summed E-state index contributed by atoms with van der Waals surface area (Å²) >= 11 is 6.03. The quantitative estimate of drug-likeness (QED) is 0.666. The van der Waals surface area contributed by atoms with Crippen LogP contribution in [0.15, 0.2) is 36.4 Å². The number of aromatic nitrogens is 1. The average Bonchev–Trinajstić information content (AvgIpc) is 2.76. The van der Waals surface area contributed by atoms with E-state index in [0.717, 1.165) is 34.0 Å². The lowest BCUT2D eigenvalue weighted by Crippen LogP contribution is -1.89. The summed E-state index contributed by atoms with van der Waals surface area (Å²) in [5.41, 5.74) is 5.84. The summed E-state index contributed by atoms with van der Waals surface area (Å²) in [7, 11) is 0. The second kappa shape index (κ2) is 4.80. The first-order valence-electron chi connectivity index (χ1n) is 6.44. The van der Waals surface area contributed by atoms with Crippen LogP contribution in [0.5, 0.6) is 0 Å². The van der Waals surface area contributed by atoms with E-state index in [1.54, 1.807) is 0 Å². The fourth-order valence-electron chi connectivity index (χ4n) is 2.61. The van der Waals surface area contributed by atoms with E-state index in [-0.39, 0.29) is 0 Å². The van der Waals surface area contributed by atoms with Gasteiger partial charge in [0.2, 0.25) is 0 Å². The number of benzene rings is 2. The minimum absolute atomic E-state index is 0.631. The predicted octanol–water partition coefficient (Wildman–Crippen LogP) is 4.92. The van der Waals surface area contributed by atoms with E-state index in [2.05, 4.69) is 31.0 Å². The van der Waals surface area contributed by atoms with Gasteiger partial charge in [0.1, 0.15) is 0 Å². The van der Waals surface area contributed by atoms with Gasteiger partial charge in [-0.15, -0.1) is 0 Å². The van der Waals surface area contributed by atoms with Crippen molar-refractivity contribution in [2.24, 2.45) is 0 Å². The van der Waals surface area contributed by atoms with Gasteiger partial charge in [-0.25, -0.2) is 0 Å². The van der Waals surface area contributed by atoms with Gasteiger partial charge in [0.05, 0.1) is 5.69 Å². The molecule has 0 amide bonds. The first kappa shape index (κ1) is 12.9. The molecule has 3 aromatic rings. The molecule has 1 aromatic heterocycles. The molecule has 0 saturated carbocycles. The Morgan fingerprint density at radius 2 is 1.90 bits per heavy atom. The molecule has 2 aromatic carbocycles. The second-order valence-corrected chi connectivity index (χ2v) is 5.48. The fraction of sp³-hybridized carbons (Fsp3) is 0.118. The van der Waals surface area contributed by atoms with Crippen LogP contribution in [0.2, 0.25) is 5.02 Å². The normalized spacial score (nSPS) is 10.9. The van der Waals surface area contributed by atoms with Crippen molar-refractivity contribution in [3.63, 3.8) is 0 Å². The number of aryl methyl sites for hydroxylation is 2. The minimum Gasteiger partial charge on any atom is -0.354 e. The Morgan fingerprint density at radius 1 is 1.10 bits per heavy atom. The van der Waals surface area contributed by atoms with Crippen molar-refractivity contribution in [1.82, 2.24) is 4.98 Å². The van der Waals surface area contributed by atoms with Crippen molar-refractivity contribution in [1.29, 1.82) is 0 Å². The molecule has 0 aliphatic heterocycles. The summed E-state index contributed by atoms with van der Waals surface area (Å²) in [6.07, 6.45) is 0.893. The van der Waals surface area contributed by atoms with E-state index < -0.39 is 0 Å². The largest absolute Gasteiger partial charge is 0.354 e. The number of nitrogens with one attached hydrogen (secondary N) is 1. The Labute approximate surface area is 122 Å². The number of aldehydes is 1. The molecule has 0 bridgehead atoms. The standard InChI is InChI=1S/C17H14ClNO/c1-10-3-5-13(11(2)7-10)17-15(9-20)14-8-12(18)4-6-16(14)19-17/h3-9,19H,1-2H3. The molecule has 0 unspecified atom stereocenters. The maximum absolute atomic E-state index is 11.5. The number of hydrogen-bond donors (Lipinski definition) is 1. The monoisotopic (exact) mass is 283 g/mol. The zero-order valence-electron chi connectivity index (χ0n) is 11.3. The van der Waals surface area contributed by atoms with E-state index in [9.17, 15) is 4.79 Å². The number of rotatable bonds is 2. The molecule has 0 aliphatic carbocycles. The number of aromatic amines is 1. The Morgan fingerprint density at radius 3 is 2.60 bits per heavy atom. The van der Waals surface area contributed by atoms with Gasteiger partial charge in [0, 0.05) is 27.1 Å². The molecule has 100 valence electrons. The van der Waals surface area contributed by atoms with Crippen molar-refractivity contribution in [3.8, 4) is 11.3 Å². The third-order valence-electron chi connectivity index (χ3n) is 3.57. The molecule has 0 atom stereocenters. The highest BCUT2D eigenvalue weighted by Crippen LogP contribution is 2.32. The summed E-state index contributed by atoms with van der Waals surface area (Å²) in [6.45, 7) is 4.11. The first-order valence-corrected chi connectivity index (χ1v) is 6.82. The maximum atomic E-state index is 11.5. The van der Waals surface area contributed by atoms with Gasteiger partial charge >= 0.3 is 0 Å². The molecule has 1 N–H and O–H groups in total. The smallest absolute Gasteiger partial charge is 0.152 e. The Bertz CT molecular complexity index is 817. The van der Waals surface area contributed by atoms with Crippen LogP contribution in [0.25, 0.3) is 22.2 Å². The Hall–Kier alpha value is -2.06. The predicted molar refractivity (Wildman–Crippen MR) is 83.6 cm³/mol. The summed E-state index contributed by atoms with van der Waals surface area (Å²) in [6, 6.07) is 11.8. The maximum Gasteiger partial charge on any atom is 0.152 e. The zero-order valence-corrected chi connectivity index (χ0v) is 12.1. The third-order valence-corrected chi connectivity index (χ3v) is 3.80. The van der Waals surface area contributed by atoms with Crippen LogP contribution in [0.1, 0.15) is 21.5 Å². The molecule has 3 heteroatoms. The molecule has 0 fully saturated rings. The molecule has 0 spiro atoms. The molecule has 1 heterocycles. The lowest BCUT2D eigenvalue weighted by molar-refractivity contribution is 0.112. The average molecular weight is 284 g/mol. The van der Waals surface area contributed by atoms with Crippen LogP contribution < -0.4 is 0 Å². The van der Waals surface area contributed by atoms with Gasteiger partial charge in [-0.2, -0.15) is 0 Å². The highest BCUT2D eigenvalue weighted by molar-refractivity contribution is 6.31. The number of carbonyl (C=O) groups excluding carboxylic acids is 1. The van der Waals surface area contributed by atoms with Crippen molar-refractivity contribution in [3.05, 3.63) is 58.1 Å². The molecule has 20 heavy (non-hydrogen) atoms. The van der Waals surface area contributed by atoms with E-state index in [1.165, 1.54) is 5.56 Å². The van der Waals surface area contributed by atoms with Crippen molar-refractivity contribution < 1.29 is 4.79 Å². The summed E-state index contributed by atoms with van der Waals surface area (Å²) < 4.78 is 0. The van der Waals surface area contributed by atoms with Gasteiger partial charge in [-0.05, 0) is 37.6 Å². The fourth-order valence-corrected chi connectivity index (χ4v) is 2.79. The number of H-pyrrole nitrogens is 1. The minimum atomic E-state index is 0.631. The lowest BCUT2D eigenvalue weighted by Gasteiger charge is -2.06. The van der Waals surface area contributed by atoms with Crippen LogP contribution in [-0.2, 0) is 0 Å². The first-order chi connectivity index (χ1) is 9.60. The second-order valence-electron chi connectivity index (χ2n) is 5.04. The molecule has 0 radical (unpaired) electrons. The Balaban J connectivity index is 2.33. The lowest BCUT2D eigenvalue weighted by atomic mass is 10.00. The van der Waals surface area contributed by atoms with Crippen LogP contribution in [0.3, 0.4) is 0 Å². The molecule has 0 saturated heterocycles. The number of halogens is 1. The summed E-state index contributed by atoms with van der Waals surface area (Å²) in [4.78, 5) is 14.8. The van der Waals surface area contributed by atoms with E-state index in [4.69, 9.17) is 11.6 Å². The third kappa shape index (κ3) is 2.02. The van der Waals surface area contributed by atoms with Gasteiger partial charge in [-0.3, -0.25) is 4.79 Å². The molecular weight excluding hydrogens is 270 g/mol. The molecule has 2 nitrogen and oxygen atoms in total.